The van der Waals surface area contributed by atoms with E-state index < -0.39 is 53.0 Å². The van der Waals surface area contributed by atoms with Crippen molar-refractivity contribution >= 4 is 27.2 Å². The van der Waals surface area contributed by atoms with Crippen LogP contribution in [0, 0.1) is 0 Å². The Kier molecular flexibility index (Phi) is 8.73. The third-order valence-corrected chi connectivity index (χ3v) is 4.58. The van der Waals surface area contributed by atoms with Gasteiger partial charge >= 0.3 is 10.4 Å². The molecule has 1 unspecified atom stereocenters. The van der Waals surface area contributed by atoms with Gasteiger partial charge < -0.3 is 30.3 Å². The van der Waals surface area contributed by atoms with Crippen LogP contribution >= 0.6 is 11.8 Å². The van der Waals surface area contributed by atoms with Crippen LogP contribution in [0.2, 0.25) is 0 Å². The molecular formula is C12H21NO10S2. The number of hydrogen-bond donors (Lipinski definition) is 6. The van der Waals surface area contributed by atoms with Crippen molar-refractivity contribution < 1.29 is 47.5 Å². The molecule has 6 atom stereocenters. The SMILES string of the molecule is C=CCC(O)C/C(=N/OS(=O)(=O)O)S[C@@H]1O[C@H](CO)[C@@H](O)[C@H](O)[C@H]1O. The Bertz CT molecular complexity index is 566. The fourth-order valence-electron chi connectivity index (χ4n) is 1.97. The molecule has 0 amide bonds. The standard InChI is InChI=1S/C12H21NO10S2/c1-2-3-6(15)4-8(13-23-25(19,20)21)24-12-11(18)10(17)9(16)7(5-14)22-12/h2,6-7,9-12,14-18H,1,3-5H2,(H,19,20,21)/b13-8-/t6?,7-,9-,10+,11-,12+/m1/s1. The second-order valence-corrected chi connectivity index (χ2v) is 7.36. The topological polar surface area (TPSA) is 186 Å². The van der Waals surface area contributed by atoms with Gasteiger partial charge in [0.1, 0.15) is 34.9 Å². The Morgan fingerprint density at radius 1 is 1.32 bits per heavy atom. The number of rotatable bonds is 8. The lowest BCUT2D eigenvalue weighted by molar-refractivity contribution is -0.205. The zero-order valence-corrected chi connectivity index (χ0v) is 14.6. The van der Waals surface area contributed by atoms with E-state index in [1.54, 1.807) is 0 Å². The van der Waals surface area contributed by atoms with E-state index in [1.807, 2.05) is 0 Å². The van der Waals surface area contributed by atoms with E-state index in [4.69, 9.17) is 14.4 Å². The third kappa shape index (κ3) is 7.16. The molecule has 0 aromatic carbocycles. The lowest BCUT2D eigenvalue weighted by Gasteiger charge is -2.39. The highest BCUT2D eigenvalue weighted by molar-refractivity contribution is 8.14. The predicted octanol–water partition coefficient (Wildman–Crippen LogP) is -2.02. The van der Waals surface area contributed by atoms with Gasteiger partial charge in [-0.25, -0.2) is 4.28 Å². The molecule has 0 bridgehead atoms. The molecule has 0 aromatic heterocycles. The van der Waals surface area contributed by atoms with Crippen molar-refractivity contribution in [3.63, 3.8) is 0 Å². The maximum absolute atomic E-state index is 10.6. The molecule has 11 nitrogen and oxygen atoms in total. The number of aliphatic hydroxyl groups excluding tert-OH is 5. The van der Waals surface area contributed by atoms with Gasteiger partial charge in [-0.3, -0.25) is 4.55 Å². The van der Waals surface area contributed by atoms with Crippen LogP contribution in [-0.2, 0) is 19.4 Å². The summed E-state index contributed by atoms with van der Waals surface area (Å²) in [6.07, 6.45) is -5.67. The van der Waals surface area contributed by atoms with Gasteiger partial charge in [0.05, 0.1) is 12.7 Å². The molecule has 146 valence electrons. The fraction of sp³-hybridized carbons (Fsp3) is 0.750. The van der Waals surface area contributed by atoms with Gasteiger partial charge in [0.15, 0.2) is 0 Å². The number of hydrogen-bond acceptors (Lipinski definition) is 11. The lowest BCUT2D eigenvalue weighted by atomic mass is 10.0. The summed E-state index contributed by atoms with van der Waals surface area (Å²) in [6, 6.07) is 0. The molecule has 0 saturated carbocycles. The molecule has 1 heterocycles. The summed E-state index contributed by atoms with van der Waals surface area (Å²) < 4.78 is 39.0. The Labute approximate surface area is 148 Å². The van der Waals surface area contributed by atoms with Crippen molar-refractivity contribution in [1.29, 1.82) is 0 Å². The smallest absolute Gasteiger partial charge is 0.394 e. The molecule has 25 heavy (non-hydrogen) atoms. The predicted molar refractivity (Wildman–Crippen MR) is 86.9 cm³/mol. The van der Waals surface area contributed by atoms with E-state index in [1.165, 1.54) is 6.08 Å². The van der Waals surface area contributed by atoms with Crippen LogP contribution in [0.5, 0.6) is 0 Å². The van der Waals surface area contributed by atoms with Crippen molar-refractivity contribution in [2.45, 2.75) is 48.8 Å². The van der Waals surface area contributed by atoms with Crippen LogP contribution in [0.4, 0.5) is 0 Å². The zero-order chi connectivity index (χ0) is 19.2. The summed E-state index contributed by atoms with van der Waals surface area (Å²) in [6.45, 7) is 2.79. The van der Waals surface area contributed by atoms with Crippen molar-refractivity contribution in [3.05, 3.63) is 12.7 Å². The Balaban J connectivity index is 2.92. The minimum atomic E-state index is -4.89. The Morgan fingerprint density at radius 2 is 1.96 bits per heavy atom. The highest BCUT2D eigenvalue weighted by Crippen LogP contribution is 2.30. The minimum absolute atomic E-state index is 0.139. The fourth-order valence-corrected chi connectivity index (χ4v) is 3.34. The molecular weight excluding hydrogens is 382 g/mol. The van der Waals surface area contributed by atoms with Crippen LogP contribution in [0.15, 0.2) is 17.8 Å². The summed E-state index contributed by atoms with van der Waals surface area (Å²) in [5.41, 5.74) is -1.25. The first-order valence-electron chi connectivity index (χ1n) is 7.08. The van der Waals surface area contributed by atoms with Crippen LogP contribution < -0.4 is 0 Å². The van der Waals surface area contributed by atoms with Gasteiger partial charge in [0, 0.05) is 6.42 Å². The normalized spacial score (nSPS) is 32.2. The quantitative estimate of drug-likeness (QED) is 0.0863. The second kappa shape index (κ2) is 9.80. The van der Waals surface area contributed by atoms with E-state index >= 15 is 0 Å². The van der Waals surface area contributed by atoms with Crippen molar-refractivity contribution in [2.24, 2.45) is 5.16 Å². The van der Waals surface area contributed by atoms with Gasteiger partial charge in [0.25, 0.3) is 0 Å². The van der Waals surface area contributed by atoms with Crippen molar-refractivity contribution in [2.75, 3.05) is 6.61 Å². The first-order valence-corrected chi connectivity index (χ1v) is 9.32. The number of ether oxygens (including phenoxy) is 1. The highest BCUT2D eigenvalue weighted by Gasteiger charge is 2.44. The van der Waals surface area contributed by atoms with Crippen LogP contribution in [-0.4, -0.2) is 86.1 Å². The molecule has 1 rings (SSSR count). The summed E-state index contributed by atoms with van der Waals surface area (Å²) in [7, 11) is -4.89. The van der Waals surface area contributed by atoms with Gasteiger partial charge in [-0.15, -0.1) is 6.58 Å². The summed E-state index contributed by atoms with van der Waals surface area (Å²) >= 11 is 0.594. The maximum Gasteiger partial charge on any atom is 0.466 e. The largest absolute Gasteiger partial charge is 0.466 e. The number of nitrogens with zero attached hydrogens (tertiary/aromatic N) is 1. The maximum atomic E-state index is 10.6. The van der Waals surface area contributed by atoms with E-state index in [0.29, 0.717) is 11.8 Å². The molecule has 0 spiro atoms. The van der Waals surface area contributed by atoms with Crippen LogP contribution in [0.1, 0.15) is 12.8 Å². The monoisotopic (exact) mass is 403 g/mol. The Morgan fingerprint density at radius 3 is 2.48 bits per heavy atom. The number of thioether (sulfide) groups is 1. The third-order valence-electron chi connectivity index (χ3n) is 3.18. The molecule has 0 aromatic rings. The second-order valence-electron chi connectivity index (χ2n) is 5.18. The zero-order valence-electron chi connectivity index (χ0n) is 12.9. The summed E-state index contributed by atoms with van der Waals surface area (Å²) in [4.78, 5) is 0. The van der Waals surface area contributed by atoms with Crippen LogP contribution in [0.25, 0.3) is 0 Å². The molecule has 0 aliphatic carbocycles. The van der Waals surface area contributed by atoms with Gasteiger partial charge in [0.2, 0.25) is 0 Å². The highest BCUT2D eigenvalue weighted by atomic mass is 32.3. The average Bonchev–Trinajstić information content (AvgIpc) is 2.52. The van der Waals surface area contributed by atoms with E-state index in [-0.39, 0.29) is 17.9 Å². The molecule has 0 radical (unpaired) electrons. The van der Waals surface area contributed by atoms with E-state index in [2.05, 4.69) is 16.0 Å². The molecule has 1 aliphatic rings. The molecule has 1 fully saturated rings. The number of aliphatic hydroxyl groups is 5. The van der Waals surface area contributed by atoms with Gasteiger partial charge in [-0.2, -0.15) is 8.42 Å². The lowest BCUT2D eigenvalue weighted by Crippen LogP contribution is -2.57. The first kappa shape index (κ1) is 22.3. The van der Waals surface area contributed by atoms with E-state index in [9.17, 15) is 28.8 Å². The summed E-state index contributed by atoms with van der Waals surface area (Å²) in [5, 5.41) is 51.3. The molecule has 6 N–H and O–H groups in total. The van der Waals surface area contributed by atoms with Crippen LogP contribution in [0.3, 0.4) is 0 Å². The molecule has 13 heteroatoms. The van der Waals surface area contributed by atoms with Gasteiger partial charge in [-0.1, -0.05) is 23.0 Å². The first-order chi connectivity index (χ1) is 11.6. The summed E-state index contributed by atoms with van der Waals surface area (Å²) in [5.74, 6) is 0. The number of oxime groups is 1. The molecule has 1 aliphatic heterocycles. The van der Waals surface area contributed by atoms with Gasteiger partial charge in [-0.05, 0) is 6.42 Å². The Hall–Kier alpha value is -0.770. The van der Waals surface area contributed by atoms with Crippen molar-refractivity contribution in [3.8, 4) is 0 Å². The average molecular weight is 403 g/mol. The van der Waals surface area contributed by atoms with Crippen molar-refractivity contribution in [1.82, 2.24) is 0 Å². The van der Waals surface area contributed by atoms with E-state index in [0.717, 1.165) is 0 Å². The molecule has 1 saturated heterocycles. The minimum Gasteiger partial charge on any atom is -0.394 e.